The van der Waals surface area contributed by atoms with Gasteiger partial charge in [-0.3, -0.25) is 9.59 Å². The van der Waals surface area contributed by atoms with Crippen molar-refractivity contribution in [1.82, 2.24) is 4.90 Å². The molecule has 7 rings (SSSR count). The summed E-state index contributed by atoms with van der Waals surface area (Å²) in [7, 11) is 7.67. The van der Waals surface area contributed by atoms with E-state index in [-0.39, 0.29) is 18.0 Å². The van der Waals surface area contributed by atoms with Gasteiger partial charge in [0, 0.05) is 50.9 Å². The lowest BCUT2D eigenvalue weighted by molar-refractivity contribution is -0.138. The van der Waals surface area contributed by atoms with Crippen molar-refractivity contribution in [2.45, 2.75) is 43.7 Å². The summed E-state index contributed by atoms with van der Waals surface area (Å²) >= 11 is 0. The van der Waals surface area contributed by atoms with E-state index in [9.17, 15) is 9.59 Å². The number of para-hydroxylation sites is 2. The van der Waals surface area contributed by atoms with E-state index in [0.29, 0.717) is 29.1 Å². The number of carbonyl (C=O) groups excluding carboxylic acids is 2. The molecule has 10 heteroatoms. The van der Waals surface area contributed by atoms with Gasteiger partial charge in [-0.15, -0.1) is 0 Å². The number of benzene rings is 4. The number of anilines is 4. The summed E-state index contributed by atoms with van der Waals surface area (Å²) in [6, 6.07) is 30.5. The zero-order valence-electron chi connectivity index (χ0n) is 28.1. The van der Waals surface area contributed by atoms with Crippen LogP contribution in [-0.4, -0.2) is 70.2 Å². The van der Waals surface area contributed by atoms with Gasteiger partial charge in [-0.1, -0.05) is 48.5 Å². The summed E-state index contributed by atoms with van der Waals surface area (Å²) in [6.45, 7) is 4.45. The van der Waals surface area contributed by atoms with Crippen LogP contribution in [0.4, 0.5) is 22.7 Å². The fourth-order valence-electron chi connectivity index (χ4n) is 7.14. The molecule has 3 heterocycles. The fourth-order valence-corrected chi connectivity index (χ4v) is 7.14. The van der Waals surface area contributed by atoms with Crippen LogP contribution >= 0.6 is 0 Å². The zero-order chi connectivity index (χ0) is 33.8. The van der Waals surface area contributed by atoms with Crippen molar-refractivity contribution in [2.75, 3.05) is 55.2 Å². The monoisotopic (exact) mass is 647 g/mol. The minimum absolute atomic E-state index is 0.190. The molecule has 0 radical (unpaired) electrons. The molecule has 3 aliphatic rings. The molecule has 0 aliphatic carbocycles. The summed E-state index contributed by atoms with van der Waals surface area (Å²) in [5.74, 6) is -0.380. The topological polar surface area (TPSA) is 95.6 Å². The first-order chi connectivity index (χ1) is 23.0. The predicted molar refractivity (Wildman–Crippen MR) is 186 cm³/mol. The molecule has 0 bridgehead atoms. The molecule has 0 saturated carbocycles. The van der Waals surface area contributed by atoms with E-state index in [1.165, 1.54) is 0 Å². The molecule has 3 saturated heterocycles. The Labute approximate surface area is 281 Å². The van der Waals surface area contributed by atoms with Crippen molar-refractivity contribution in [3.8, 4) is 0 Å². The average Bonchev–Trinajstić information content (AvgIpc) is 3.73. The maximum Gasteiger partial charge on any atom is 0.257 e. The molecule has 2 amide bonds. The Hall–Kier alpha value is -4.74. The number of amides is 2. The molecular weight excluding hydrogens is 606 g/mol. The number of hydrogen-bond donors (Lipinski definition) is 2. The lowest BCUT2D eigenvalue weighted by Gasteiger charge is -2.33. The smallest absolute Gasteiger partial charge is 0.257 e. The standard InChI is InChI=1S/C38H41N5O5/c1-37(24-13-11-15-26(21-24)39-33(44)28-17-7-9-19-30(28)41(3)4)35-43-32(23-46-35)47-38(2,36(43)48-37)25-14-12-16-27(22-25)40-34(45)29-18-8-10-20-31(29)42(5)6/h7-22,32,35-36H,23H2,1-6H3,(H,39,44)(H,40,45)/t32-,35-,36-,37-,38-/m0/s1. The Bertz CT molecular complexity index is 1770. The van der Waals surface area contributed by atoms with Crippen molar-refractivity contribution >= 4 is 34.6 Å². The molecule has 3 fully saturated rings. The van der Waals surface area contributed by atoms with Gasteiger partial charge in [0.25, 0.3) is 11.8 Å². The molecular formula is C38H41N5O5. The highest BCUT2D eigenvalue weighted by Gasteiger charge is 2.68. The van der Waals surface area contributed by atoms with Gasteiger partial charge in [-0.05, 0) is 73.5 Å². The third kappa shape index (κ3) is 5.31. The molecule has 10 nitrogen and oxygen atoms in total. The van der Waals surface area contributed by atoms with Gasteiger partial charge in [-0.25, -0.2) is 4.90 Å². The van der Waals surface area contributed by atoms with Crippen molar-refractivity contribution in [3.05, 3.63) is 119 Å². The second kappa shape index (κ2) is 12.1. The van der Waals surface area contributed by atoms with Gasteiger partial charge >= 0.3 is 0 Å². The zero-order valence-corrected chi connectivity index (χ0v) is 28.1. The highest BCUT2D eigenvalue weighted by molar-refractivity contribution is 6.09. The van der Waals surface area contributed by atoms with E-state index in [2.05, 4.69) is 15.5 Å². The molecule has 4 aromatic carbocycles. The minimum atomic E-state index is -0.853. The first kappa shape index (κ1) is 31.8. The van der Waals surface area contributed by atoms with Crippen LogP contribution in [0.3, 0.4) is 0 Å². The molecule has 5 atom stereocenters. The number of carbonyl (C=O) groups is 2. The Kier molecular flexibility index (Phi) is 7.99. The lowest BCUT2D eigenvalue weighted by Crippen LogP contribution is -2.40. The lowest BCUT2D eigenvalue weighted by atomic mass is 9.93. The highest BCUT2D eigenvalue weighted by Crippen LogP contribution is 2.56. The van der Waals surface area contributed by atoms with Crippen LogP contribution in [0, 0.1) is 0 Å². The van der Waals surface area contributed by atoms with Crippen molar-refractivity contribution < 1.29 is 23.8 Å². The van der Waals surface area contributed by atoms with Crippen LogP contribution in [0.2, 0.25) is 0 Å². The van der Waals surface area contributed by atoms with Crippen molar-refractivity contribution in [2.24, 2.45) is 0 Å². The second-order valence-electron chi connectivity index (χ2n) is 13.3. The predicted octanol–water partition coefficient (Wildman–Crippen LogP) is 5.82. The highest BCUT2D eigenvalue weighted by atomic mass is 16.7. The third-order valence-electron chi connectivity index (χ3n) is 9.60. The van der Waals surface area contributed by atoms with E-state index in [1.807, 2.05) is 149 Å². The summed E-state index contributed by atoms with van der Waals surface area (Å²) in [5.41, 5.74) is 4.23. The average molecular weight is 648 g/mol. The molecule has 248 valence electrons. The van der Waals surface area contributed by atoms with E-state index in [4.69, 9.17) is 14.2 Å². The summed E-state index contributed by atoms with van der Waals surface area (Å²) in [6.07, 6.45) is -1.17. The molecule has 4 aromatic rings. The second-order valence-corrected chi connectivity index (χ2v) is 13.3. The number of nitrogens with zero attached hydrogens (tertiary/aromatic N) is 3. The quantitative estimate of drug-likeness (QED) is 0.247. The van der Waals surface area contributed by atoms with Crippen LogP contribution < -0.4 is 20.4 Å². The van der Waals surface area contributed by atoms with Gasteiger partial charge in [-0.2, -0.15) is 0 Å². The SMILES string of the molecule is CN(C)c1ccccc1C(=O)Nc1cccc([C@]2(C)O[C@H]3CO[C@@H]4N3[C@H]2O[C@@]4(C)c2cccc(NC(=O)c3ccccc3N(C)C)c2)c1. The first-order valence-electron chi connectivity index (χ1n) is 16.1. The van der Waals surface area contributed by atoms with Gasteiger partial charge in [0.05, 0.1) is 17.7 Å². The summed E-state index contributed by atoms with van der Waals surface area (Å²) in [4.78, 5) is 32.7. The summed E-state index contributed by atoms with van der Waals surface area (Å²) < 4.78 is 19.9. The van der Waals surface area contributed by atoms with Gasteiger partial charge < -0.3 is 34.6 Å². The van der Waals surface area contributed by atoms with E-state index >= 15 is 0 Å². The number of rotatable bonds is 8. The Balaban J connectivity index is 1.14. The van der Waals surface area contributed by atoms with E-state index < -0.39 is 23.7 Å². The van der Waals surface area contributed by atoms with E-state index in [0.717, 1.165) is 22.5 Å². The third-order valence-corrected chi connectivity index (χ3v) is 9.60. The Morgan fingerprint density at radius 1 is 0.667 bits per heavy atom. The van der Waals surface area contributed by atoms with Gasteiger partial charge in [0.1, 0.15) is 29.9 Å². The molecule has 3 aliphatic heterocycles. The molecule has 0 unspecified atom stereocenters. The maximum absolute atomic E-state index is 13.4. The summed E-state index contributed by atoms with van der Waals surface area (Å²) in [5, 5.41) is 6.15. The Morgan fingerprint density at radius 2 is 1.15 bits per heavy atom. The first-order valence-corrected chi connectivity index (χ1v) is 16.1. The van der Waals surface area contributed by atoms with Crippen molar-refractivity contribution in [3.63, 3.8) is 0 Å². The maximum atomic E-state index is 13.4. The van der Waals surface area contributed by atoms with Crippen LogP contribution in [0.1, 0.15) is 45.7 Å². The normalized spacial score (nSPS) is 25.8. The molecule has 0 aromatic heterocycles. The number of hydrogen-bond acceptors (Lipinski definition) is 8. The van der Waals surface area contributed by atoms with Crippen LogP contribution in [0.15, 0.2) is 97.1 Å². The molecule has 0 spiro atoms. The van der Waals surface area contributed by atoms with E-state index in [1.54, 1.807) is 0 Å². The largest absolute Gasteiger partial charge is 0.377 e. The fraction of sp³-hybridized carbons (Fsp3) is 0.316. The Morgan fingerprint density at radius 3 is 1.65 bits per heavy atom. The minimum Gasteiger partial charge on any atom is -0.377 e. The van der Waals surface area contributed by atoms with Crippen LogP contribution in [-0.2, 0) is 25.4 Å². The van der Waals surface area contributed by atoms with Crippen LogP contribution in [0.25, 0.3) is 0 Å². The molecule has 48 heavy (non-hydrogen) atoms. The van der Waals surface area contributed by atoms with Crippen molar-refractivity contribution in [1.29, 1.82) is 0 Å². The van der Waals surface area contributed by atoms with Gasteiger partial charge in [0.15, 0.2) is 0 Å². The molecule has 2 N–H and O–H groups in total. The number of nitrogens with one attached hydrogen (secondary N) is 2. The van der Waals surface area contributed by atoms with Crippen LogP contribution in [0.5, 0.6) is 0 Å². The number of ether oxygens (including phenoxy) is 3. The van der Waals surface area contributed by atoms with Gasteiger partial charge in [0.2, 0.25) is 0 Å².